The van der Waals surface area contributed by atoms with E-state index in [1.165, 1.54) is 28.6 Å². The van der Waals surface area contributed by atoms with Crippen molar-refractivity contribution in [3.05, 3.63) is 29.8 Å². The fraction of sp³-hybridized carbons (Fsp3) is 0.500. The molecule has 2 rings (SSSR count). The van der Waals surface area contributed by atoms with Gasteiger partial charge in [-0.25, -0.2) is 8.42 Å². The van der Waals surface area contributed by atoms with E-state index in [0.717, 1.165) is 19.3 Å². The summed E-state index contributed by atoms with van der Waals surface area (Å²) in [6.07, 6.45) is 3.42. The van der Waals surface area contributed by atoms with Crippen molar-refractivity contribution in [2.75, 3.05) is 13.2 Å². The molecular formula is C14H18N2O3S. The highest BCUT2D eigenvalue weighted by atomic mass is 32.2. The Labute approximate surface area is 119 Å². The largest absolute Gasteiger partial charge is 0.395 e. The first-order chi connectivity index (χ1) is 9.59. The van der Waals surface area contributed by atoms with Gasteiger partial charge in [-0.3, -0.25) is 0 Å². The van der Waals surface area contributed by atoms with Crippen LogP contribution in [0, 0.1) is 11.3 Å². The van der Waals surface area contributed by atoms with Crippen molar-refractivity contribution in [2.24, 2.45) is 0 Å². The zero-order valence-corrected chi connectivity index (χ0v) is 12.0. The second kappa shape index (κ2) is 6.35. The Hall–Kier alpha value is -1.42. The molecule has 1 aliphatic rings. The quantitative estimate of drug-likeness (QED) is 0.915. The molecule has 1 aromatic rings. The fourth-order valence-corrected chi connectivity index (χ4v) is 4.17. The molecule has 108 valence electrons. The van der Waals surface area contributed by atoms with Crippen molar-refractivity contribution in [1.29, 1.82) is 5.26 Å². The first-order valence-electron chi connectivity index (χ1n) is 6.72. The maximum absolute atomic E-state index is 12.6. The van der Waals surface area contributed by atoms with Crippen LogP contribution in [-0.2, 0) is 10.0 Å². The van der Waals surface area contributed by atoms with Gasteiger partial charge in [0, 0.05) is 12.6 Å². The number of nitriles is 1. The van der Waals surface area contributed by atoms with E-state index in [0.29, 0.717) is 18.5 Å². The standard InChI is InChI=1S/C14H18N2O3S/c15-10-12-5-7-14(8-6-12)20(18,19)16-9-3-1-2-4-13(16)11-17/h5-8,13,17H,1-4,9,11H2. The maximum atomic E-state index is 12.6. The van der Waals surface area contributed by atoms with E-state index in [9.17, 15) is 13.5 Å². The molecule has 0 aliphatic carbocycles. The third kappa shape index (κ3) is 3.01. The Balaban J connectivity index is 2.33. The van der Waals surface area contributed by atoms with E-state index in [2.05, 4.69) is 0 Å². The first-order valence-corrected chi connectivity index (χ1v) is 8.16. The number of aliphatic hydroxyl groups excluding tert-OH is 1. The number of aliphatic hydroxyl groups is 1. The Morgan fingerprint density at radius 1 is 1.25 bits per heavy atom. The van der Waals surface area contributed by atoms with E-state index >= 15 is 0 Å². The molecule has 6 heteroatoms. The summed E-state index contributed by atoms with van der Waals surface area (Å²) in [6.45, 7) is 0.281. The van der Waals surface area contributed by atoms with E-state index in [-0.39, 0.29) is 17.5 Å². The summed E-state index contributed by atoms with van der Waals surface area (Å²) in [5, 5.41) is 18.2. The minimum Gasteiger partial charge on any atom is -0.395 e. The monoisotopic (exact) mass is 294 g/mol. The van der Waals surface area contributed by atoms with E-state index < -0.39 is 10.0 Å². The van der Waals surface area contributed by atoms with Crippen LogP contribution >= 0.6 is 0 Å². The average Bonchev–Trinajstić information content (AvgIpc) is 2.73. The summed E-state index contributed by atoms with van der Waals surface area (Å²) in [5.41, 5.74) is 0.429. The molecule has 1 N–H and O–H groups in total. The van der Waals surface area contributed by atoms with Gasteiger partial charge >= 0.3 is 0 Å². The van der Waals surface area contributed by atoms with E-state index in [1.807, 2.05) is 6.07 Å². The van der Waals surface area contributed by atoms with Gasteiger partial charge < -0.3 is 5.11 Å². The highest BCUT2D eigenvalue weighted by Crippen LogP contribution is 2.24. The van der Waals surface area contributed by atoms with Crippen LogP contribution in [0.4, 0.5) is 0 Å². The van der Waals surface area contributed by atoms with Crippen LogP contribution in [0.1, 0.15) is 31.2 Å². The van der Waals surface area contributed by atoms with Crippen LogP contribution in [0.3, 0.4) is 0 Å². The van der Waals surface area contributed by atoms with E-state index in [4.69, 9.17) is 5.26 Å². The number of hydrogen-bond acceptors (Lipinski definition) is 4. The van der Waals surface area contributed by atoms with Gasteiger partial charge in [-0.1, -0.05) is 12.8 Å². The third-order valence-corrected chi connectivity index (χ3v) is 5.59. The van der Waals surface area contributed by atoms with E-state index in [1.54, 1.807) is 0 Å². The second-order valence-corrected chi connectivity index (χ2v) is 6.83. The van der Waals surface area contributed by atoms with Crippen molar-refractivity contribution >= 4 is 10.0 Å². The summed E-state index contributed by atoms with van der Waals surface area (Å²) in [6, 6.07) is 7.52. The van der Waals surface area contributed by atoms with Gasteiger partial charge in [0.2, 0.25) is 10.0 Å². The topological polar surface area (TPSA) is 81.4 Å². The SMILES string of the molecule is N#Cc1ccc(S(=O)(=O)N2CCCCCC2CO)cc1. The molecule has 0 radical (unpaired) electrons. The van der Waals surface area contributed by atoms with Crippen molar-refractivity contribution < 1.29 is 13.5 Å². The Morgan fingerprint density at radius 2 is 1.95 bits per heavy atom. The zero-order valence-electron chi connectivity index (χ0n) is 11.2. The van der Waals surface area contributed by atoms with Gasteiger partial charge in [0.25, 0.3) is 0 Å². The molecule has 1 unspecified atom stereocenters. The molecule has 5 nitrogen and oxygen atoms in total. The van der Waals surface area contributed by atoms with Crippen LogP contribution in [0.5, 0.6) is 0 Å². The smallest absolute Gasteiger partial charge is 0.243 e. The van der Waals surface area contributed by atoms with Crippen LogP contribution < -0.4 is 0 Å². The normalized spacial score (nSPS) is 21.1. The average molecular weight is 294 g/mol. The molecule has 1 heterocycles. The first kappa shape index (κ1) is 15.0. The van der Waals surface area contributed by atoms with Gasteiger partial charge in [0.15, 0.2) is 0 Å². The van der Waals surface area contributed by atoms with Crippen molar-refractivity contribution in [2.45, 2.75) is 36.6 Å². The van der Waals surface area contributed by atoms with Gasteiger partial charge in [-0.05, 0) is 37.1 Å². The minimum absolute atomic E-state index is 0.157. The lowest BCUT2D eigenvalue weighted by molar-refractivity contribution is 0.186. The molecule has 0 saturated carbocycles. The molecular weight excluding hydrogens is 276 g/mol. The summed E-state index contributed by atoms with van der Waals surface area (Å²) < 4.78 is 26.7. The number of benzene rings is 1. The lowest BCUT2D eigenvalue weighted by Gasteiger charge is -2.27. The summed E-state index contributed by atoms with van der Waals surface area (Å²) in [7, 11) is -3.61. The van der Waals surface area contributed by atoms with Crippen LogP contribution in [0.25, 0.3) is 0 Å². The molecule has 1 aliphatic heterocycles. The predicted molar refractivity (Wildman–Crippen MR) is 74.4 cm³/mol. The van der Waals surface area contributed by atoms with Gasteiger partial charge in [-0.15, -0.1) is 0 Å². The summed E-state index contributed by atoms with van der Waals surface area (Å²) in [5.74, 6) is 0. The fourth-order valence-electron chi connectivity index (χ4n) is 2.49. The van der Waals surface area contributed by atoms with Gasteiger partial charge in [0.1, 0.15) is 0 Å². The highest BCUT2D eigenvalue weighted by Gasteiger charge is 2.31. The van der Waals surface area contributed by atoms with Gasteiger partial charge in [-0.2, -0.15) is 9.57 Å². The van der Waals surface area contributed by atoms with Crippen molar-refractivity contribution in [1.82, 2.24) is 4.31 Å². The Kier molecular flexibility index (Phi) is 4.76. The number of hydrogen-bond donors (Lipinski definition) is 1. The molecule has 0 bridgehead atoms. The summed E-state index contributed by atoms with van der Waals surface area (Å²) in [4.78, 5) is 0.178. The zero-order chi connectivity index (χ0) is 14.6. The summed E-state index contributed by atoms with van der Waals surface area (Å²) >= 11 is 0. The molecule has 1 saturated heterocycles. The van der Waals surface area contributed by atoms with Crippen LogP contribution in [-0.4, -0.2) is 37.0 Å². The van der Waals surface area contributed by atoms with Crippen LogP contribution in [0.2, 0.25) is 0 Å². The van der Waals surface area contributed by atoms with Crippen molar-refractivity contribution in [3.8, 4) is 6.07 Å². The highest BCUT2D eigenvalue weighted by molar-refractivity contribution is 7.89. The van der Waals surface area contributed by atoms with Gasteiger partial charge in [0.05, 0.1) is 23.1 Å². The lowest BCUT2D eigenvalue weighted by Crippen LogP contribution is -2.41. The molecule has 1 atom stereocenters. The third-order valence-electron chi connectivity index (χ3n) is 3.62. The molecule has 0 aromatic heterocycles. The lowest BCUT2D eigenvalue weighted by atomic mass is 10.1. The van der Waals surface area contributed by atoms with Crippen molar-refractivity contribution in [3.63, 3.8) is 0 Å². The Bertz CT molecular complexity index is 590. The number of nitrogens with zero attached hydrogens (tertiary/aromatic N) is 2. The molecule has 0 spiro atoms. The molecule has 20 heavy (non-hydrogen) atoms. The number of sulfonamides is 1. The maximum Gasteiger partial charge on any atom is 0.243 e. The number of rotatable bonds is 3. The predicted octanol–water partition coefficient (Wildman–Crippen LogP) is 1.48. The Morgan fingerprint density at radius 3 is 2.55 bits per heavy atom. The molecule has 0 amide bonds. The molecule has 1 fully saturated rings. The van der Waals surface area contributed by atoms with Crippen LogP contribution in [0.15, 0.2) is 29.2 Å². The minimum atomic E-state index is -3.61. The second-order valence-electron chi connectivity index (χ2n) is 4.94. The molecule has 1 aromatic carbocycles.